The third kappa shape index (κ3) is 2.96. The molecule has 0 bridgehead atoms. The minimum atomic E-state index is -0.0602. The smallest absolute Gasteiger partial charge is 0.264 e. The molecule has 1 fully saturated rings. The lowest BCUT2D eigenvalue weighted by molar-refractivity contribution is 0.0537. The van der Waals surface area contributed by atoms with Gasteiger partial charge in [0.15, 0.2) is 0 Å². The number of carbonyl (C=O) groups is 2. The van der Waals surface area contributed by atoms with Crippen LogP contribution >= 0.6 is 22.9 Å². The summed E-state index contributed by atoms with van der Waals surface area (Å²) in [6, 6.07) is 5.10. The molecule has 5 nitrogen and oxygen atoms in total. The van der Waals surface area contributed by atoms with E-state index in [0.29, 0.717) is 41.0 Å². The van der Waals surface area contributed by atoms with Crippen molar-refractivity contribution in [2.24, 2.45) is 0 Å². The van der Waals surface area contributed by atoms with Crippen LogP contribution in [0.15, 0.2) is 35.1 Å². The average molecular weight is 325 g/mol. The maximum Gasteiger partial charge on any atom is 0.264 e. The fourth-order valence-electron chi connectivity index (χ4n) is 2.27. The fraction of sp³-hybridized carbons (Fsp3) is 0.286. The van der Waals surface area contributed by atoms with Gasteiger partial charge in [-0.05, 0) is 18.2 Å². The summed E-state index contributed by atoms with van der Waals surface area (Å²) in [5.41, 5.74) is 0.541. The molecular formula is C14H13ClN2O3S. The van der Waals surface area contributed by atoms with E-state index in [4.69, 9.17) is 16.0 Å². The van der Waals surface area contributed by atoms with Crippen LogP contribution in [0.4, 0.5) is 0 Å². The lowest BCUT2D eigenvalue weighted by atomic mass is 10.2. The summed E-state index contributed by atoms with van der Waals surface area (Å²) in [5, 5.41) is 0. The molecular weight excluding hydrogens is 312 g/mol. The van der Waals surface area contributed by atoms with Gasteiger partial charge >= 0.3 is 0 Å². The molecule has 0 aliphatic carbocycles. The summed E-state index contributed by atoms with van der Waals surface area (Å²) < 4.78 is 5.53. The average Bonchev–Trinajstić information content (AvgIpc) is 3.17. The lowest BCUT2D eigenvalue weighted by Gasteiger charge is -2.34. The first kappa shape index (κ1) is 14.2. The Kier molecular flexibility index (Phi) is 3.98. The molecule has 21 heavy (non-hydrogen) atoms. The Balaban J connectivity index is 1.60. The second-order valence-corrected chi connectivity index (χ2v) is 6.42. The largest absolute Gasteiger partial charge is 0.472 e. The van der Waals surface area contributed by atoms with Gasteiger partial charge in [-0.2, -0.15) is 0 Å². The van der Waals surface area contributed by atoms with Crippen molar-refractivity contribution >= 4 is 34.8 Å². The molecule has 0 saturated carbocycles. The van der Waals surface area contributed by atoms with Crippen LogP contribution in [0.2, 0.25) is 4.34 Å². The molecule has 0 N–H and O–H groups in total. The highest BCUT2D eigenvalue weighted by atomic mass is 35.5. The number of thiophene rings is 1. The first-order valence-corrected chi connectivity index (χ1v) is 7.70. The number of halogens is 1. The van der Waals surface area contributed by atoms with E-state index in [1.165, 1.54) is 23.9 Å². The first-order chi connectivity index (χ1) is 10.1. The zero-order valence-corrected chi connectivity index (χ0v) is 12.7. The van der Waals surface area contributed by atoms with Crippen molar-refractivity contribution in [3.63, 3.8) is 0 Å². The summed E-state index contributed by atoms with van der Waals surface area (Å²) in [6.45, 7) is 2.10. The Morgan fingerprint density at radius 3 is 2.24 bits per heavy atom. The summed E-state index contributed by atoms with van der Waals surface area (Å²) >= 11 is 7.13. The van der Waals surface area contributed by atoms with Crippen molar-refractivity contribution < 1.29 is 14.0 Å². The summed E-state index contributed by atoms with van der Waals surface area (Å²) in [7, 11) is 0. The molecule has 0 spiro atoms. The second kappa shape index (κ2) is 5.91. The van der Waals surface area contributed by atoms with Gasteiger partial charge in [-0.1, -0.05) is 11.6 Å². The summed E-state index contributed by atoms with van der Waals surface area (Å²) in [6.07, 6.45) is 2.92. The number of nitrogens with zero attached hydrogens (tertiary/aromatic N) is 2. The maximum absolute atomic E-state index is 12.3. The van der Waals surface area contributed by atoms with Crippen LogP contribution in [0.25, 0.3) is 0 Å². The fourth-order valence-corrected chi connectivity index (χ4v) is 3.28. The summed E-state index contributed by atoms with van der Waals surface area (Å²) in [4.78, 5) is 28.6. The van der Waals surface area contributed by atoms with E-state index in [0.717, 1.165) is 0 Å². The van der Waals surface area contributed by atoms with Crippen LogP contribution in [0, 0.1) is 0 Å². The molecule has 1 aliphatic rings. The molecule has 0 atom stereocenters. The second-order valence-electron chi connectivity index (χ2n) is 4.70. The van der Waals surface area contributed by atoms with Gasteiger partial charge in [0.25, 0.3) is 11.8 Å². The predicted molar refractivity (Wildman–Crippen MR) is 79.8 cm³/mol. The number of hydrogen-bond acceptors (Lipinski definition) is 4. The number of amides is 2. The minimum Gasteiger partial charge on any atom is -0.472 e. The van der Waals surface area contributed by atoms with Crippen LogP contribution in [0.3, 0.4) is 0 Å². The highest BCUT2D eigenvalue weighted by molar-refractivity contribution is 7.17. The molecule has 2 aromatic rings. The quantitative estimate of drug-likeness (QED) is 0.853. The standard InChI is InChI=1S/C14H13ClN2O3S/c15-12-2-1-11(21-12)14(19)17-6-4-16(5-7-17)13(18)10-3-8-20-9-10/h1-3,8-9H,4-7H2. The van der Waals surface area contributed by atoms with E-state index in [1.54, 1.807) is 28.0 Å². The van der Waals surface area contributed by atoms with Crippen molar-refractivity contribution in [1.82, 2.24) is 9.80 Å². The SMILES string of the molecule is O=C(c1ccoc1)N1CCN(C(=O)c2ccc(Cl)s2)CC1. The van der Waals surface area contributed by atoms with Crippen molar-refractivity contribution in [2.75, 3.05) is 26.2 Å². The Hall–Kier alpha value is -1.79. The molecule has 3 heterocycles. The van der Waals surface area contributed by atoms with Crippen molar-refractivity contribution in [3.8, 4) is 0 Å². The number of hydrogen-bond donors (Lipinski definition) is 0. The normalized spacial score (nSPS) is 15.3. The zero-order chi connectivity index (χ0) is 14.8. The van der Waals surface area contributed by atoms with Crippen LogP contribution in [-0.4, -0.2) is 47.8 Å². The van der Waals surface area contributed by atoms with Crippen molar-refractivity contribution in [2.45, 2.75) is 0 Å². The van der Waals surface area contributed by atoms with Gasteiger partial charge in [0.1, 0.15) is 6.26 Å². The molecule has 1 saturated heterocycles. The molecule has 0 unspecified atom stereocenters. The third-order valence-corrected chi connectivity index (χ3v) is 4.63. The molecule has 110 valence electrons. The minimum absolute atomic E-state index is 0.0256. The maximum atomic E-state index is 12.3. The van der Waals surface area contributed by atoms with Crippen LogP contribution in [0.1, 0.15) is 20.0 Å². The van der Waals surface area contributed by atoms with E-state index >= 15 is 0 Å². The first-order valence-electron chi connectivity index (χ1n) is 6.51. The zero-order valence-electron chi connectivity index (χ0n) is 11.1. The number of rotatable bonds is 2. The third-order valence-electron chi connectivity index (χ3n) is 3.41. The molecule has 0 aromatic carbocycles. The van der Waals surface area contributed by atoms with Crippen LogP contribution in [0.5, 0.6) is 0 Å². The van der Waals surface area contributed by atoms with E-state index in [9.17, 15) is 9.59 Å². The predicted octanol–water partition coefficient (Wildman–Crippen LogP) is 2.59. The Morgan fingerprint density at radius 2 is 1.71 bits per heavy atom. The molecule has 2 aromatic heterocycles. The molecule has 7 heteroatoms. The van der Waals surface area contributed by atoms with E-state index < -0.39 is 0 Å². The van der Waals surface area contributed by atoms with Gasteiger partial charge in [0.2, 0.25) is 0 Å². The van der Waals surface area contributed by atoms with Gasteiger partial charge in [0, 0.05) is 26.2 Å². The van der Waals surface area contributed by atoms with Crippen LogP contribution in [-0.2, 0) is 0 Å². The highest BCUT2D eigenvalue weighted by Crippen LogP contribution is 2.23. The lowest BCUT2D eigenvalue weighted by Crippen LogP contribution is -2.50. The van der Waals surface area contributed by atoms with Gasteiger partial charge < -0.3 is 14.2 Å². The Morgan fingerprint density at radius 1 is 1.05 bits per heavy atom. The van der Waals surface area contributed by atoms with Gasteiger partial charge in [0.05, 0.1) is 21.0 Å². The van der Waals surface area contributed by atoms with Crippen LogP contribution < -0.4 is 0 Å². The molecule has 2 amide bonds. The van der Waals surface area contributed by atoms with Gasteiger partial charge in [-0.3, -0.25) is 9.59 Å². The van der Waals surface area contributed by atoms with Crippen molar-refractivity contribution in [1.29, 1.82) is 0 Å². The topological polar surface area (TPSA) is 53.8 Å². The monoisotopic (exact) mass is 324 g/mol. The summed E-state index contributed by atoms with van der Waals surface area (Å²) in [5.74, 6) is -0.0858. The molecule has 0 radical (unpaired) electrons. The number of carbonyl (C=O) groups excluding carboxylic acids is 2. The number of furan rings is 1. The number of piperazine rings is 1. The Bertz CT molecular complexity index is 645. The van der Waals surface area contributed by atoms with E-state index in [1.807, 2.05) is 0 Å². The Labute approximate surface area is 130 Å². The van der Waals surface area contributed by atoms with Gasteiger partial charge in [-0.15, -0.1) is 11.3 Å². The molecule has 3 rings (SSSR count). The van der Waals surface area contributed by atoms with Crippen molar-refractivity contribution in [3.05, 3.63) is 45.5 Å². The van der Waals surface area contributed by atoms with E-state index in [2.05, 4.69) is 0 Å². The van der Waals surface area contributed by atoms with Gasteiger partial charge in [-0.25, -0.2) is 0 Å². The van der Waals surface area contributed by atoms with E-state index in [-0.39, 0.29) is 11.8 Å². The highest BCUT2D eigenvalue weighted by Gasteiger charge is 2.26. The molecule has 1 aliphatic heterocycles.